The minimum absolute atomic E-state index is 0.0110. The first kappa shape index (κ1) is 23.8. The molecule has 9 heteroatoms. The zero-order valence-corrected chi connectivity index (χ0v) is 21.3. The minimum Gasteiger partial charge on any atom is -0.507 e. The summed E-state index contributed by atoms with van der Waals surface area (Å²) in [6.45, 7) is 0. The molecule has 182 valence electrons. The second-order valence-corrected chi connectivity index (χ2v) is 9.94. The second-order valence-electron chi connectivity index (χ2n) is 8.50. The molecule has 1 saturated heterocycles. The van der Waals surface area contributed by atoms with Crippen molar-refractivity contribution in [3.05, 3.63) is 88.5 Å². The number of ketones is 1. The van der Waals surface area contributed by atoms with E-state index in [2.05, 4.69) is 4.98 Å². The number of thiazole rings is 1. The number of fused-ring (bicyclic) bond motifs is 1. The van der Waals surface area contributed by atoms with Crippen molar-refractivity contribution in [1.82, 2.24) is 4.98 Å². The number of Topliss-reactive ketones (excluding diaryl/α,β-unsaturated/α-hetero) is 1. The molecule has 0 radical (unpaired) electrons. The van der Waals surface area contributed by atoms with Gasteiger partial charge >= 0.3 is 5.91 Å². The van der Waals surface area contributed by atoms with Gasteiger partial charge < -0.3 is 14.7 Å². The average Bonchev–Trinajstić information content (AvgIpc) is 3.41. The maximum absolute atomic E-state index is 13.4. The van der Waals surface area contributed by atoms with Gasteiger partial charge in [0.25, 0.3) is 5.78 Å². The van der Waals surface area contributed by atoms with Crippen LogP contribution in [0.2, 0.25) is 5.02 Å². The zero-order chi connectivity index (χ0) is 25.6. The number of rotatable bonds is 5. The van der Waals surface area contributed by atoms with Crippen molar-refractivity contribution in [3.8, 4) is 5.75 Å². The molecule has 1 atom stereocenters. The Kier molecular flexibility index (Phi) is 6.15. The topological polar surface area (TPSA) is 83.0 Å². The number of halogens is 1. The van der Waals surface area contributed by atoms with Crippen molar-refractivity contribution in [2.24, 2.45) is 0 Å². The van der Waals surface area contributed by atoms with Crippen LogP contribution >= 0.6 is 22.9 Å². The maximum Gasteiger partial charge on any atom is 0.301 e. The fourth-order valence-corrected chi connectivity index (χ4v) is 5.48. The molecule has 1 aromatic heterocycles. The molecule has 0 saturated carbocycles. The standard InChI is InChI=1S/C27H22ClN3O4S/c1-30(2)18-10-7-15(8-11-18)23-22(24(32)16-5-4-6-19(13-16)35-3)25(33)26(34)31(23)27-29-20-12-9-17(28)14-21(20)36-27/h4-14,23,32H,1-3H3. The Balaban J connectivity index is 1.72. The van der Waals surface area contributed by atoms with Gasteiger partial charge in [0.15, 0.2) is 5.13 Å². The number of hydrogen-bond acceptors (Lipinski definition) is 7. The predicted molar refractivity (Wildman–Crippen MR) is 143 cm³/mol. The van der Waals surface area contributed by atoms with E-state index in [9.17, 15) is 14.7 Å². The van der Waals surface area contributed by atoms with E-state index in [1.807, 2.05) is 43.3 Å². The zero-order valence-electron chi connectivity index (χ0n) is 19.7. The first-order chi connectivity index (χ1) is 17.3. The molecule has 2 heterocycles. The first-order valence-corrected chi connectivity index (χ1v) is 12.3. The highest BCUT2D eigenvalue weighted by molar-refractivity contribution is 7.22. The normalized spacial score (nSPS) is 17.1. The van der Waals surface area contributed by atoms with Crippen LogP contribution in [0.5, 0.6) is 5.75 Å². The van der Waals surface area contributed by atoms with Crippen LogP contribution in [0.15, 0.2) is 72.3 Å². The molecule has 36 heavy (non-hydrogen) atoms. The van der Waals surface area contributed by atoms with Gasteiger partial charge in [0, 0.05) is 30.4 Å². The number of aliphatic hydroxyl groups is 1. The Morgan fingerprint density at radius 3 is 2.53 bits per heavy atom. The largest absolute Gasteiger partial charge is 0.507 e. The molecule has 0 aliphatic carbocycles. The van der Waals surface area contributed by atoms with E-state index in [0.29, 0.717) is 32.5 Å². The highest BCUT2D eigenvalue weighted by Gasteiger charge is 2.48. The summed E-state index contributed by atoms with van der Waals surface area (Å²) in [6, 6.07) is 18.6. The second kappa shape index (κ2) is 9.29. The maximum atomic E-state index is 13.4. The third-order valence-corrected chi connectivity index (χ3v) is 7.31. The smallest absolute Gasteiger partial charge is 0.301 e. The molecule has 5 rings (SSSR count). The number of nitrogens with zero attached hydrogens (tertiary/aromatic N) is 3. The third-order valence-electron chi connectivity index (χ3n) is 6.06. The summed E-state index contributed by atoms with van der Waals surface area (Å²) in [5, 5.41) is 12.2. The fourth-order valence-electron chi connectivity index (χ4n) is 4.22. The average molecular weight is 520 g/mol. The lowest BCUT2D eigenvalue weighted by atomic mass is 9.95. The lowest BCUT2D eigenvalue weighted by molar-refractivity contribution is -0.132. The number of ether oxygens (including phenoxy) is 1. The van der Waals surface area contributed by atoms with E-state index in [1.165, 1.54) is 23.3 Å². The van der Waals surface area contributed by atoms with Crippen molar-refractivity contribution in [2.75, 3.05) is 31.0 Å². The van der Waals surface area contributed by atoms with Crippen molar-refractivity contribution < 1.29 is 19.4 Å². The van der Waals surface area contributed by atoms with Crippen molar-refractivity contribution >= 4 is 61.4 Å². The van der Waals surface area contributed by atoms with Gasteiger partial charge in [0.1, 0.15) is 11.5 Å². The van der Waals surface area contributed by atoms with Crippen molar-refractivity contribution in [2.45, 2.75) is 6.04 Å². The molecule has 1 amide bonds. The molecule has 1 aliphatic heterocycles. The molecule has 1 aliphatic rings. The predicted octanol–water partition coefficient (Wildman–Crippen LogP) is 5.65. The number of hydrogen-bond donors (Lipinski definition) is 1. The van der Waals surface area contributed by atoms with Crippen LogP contribution in [0.3, 0.4) is 0 Å². The van der Waals surface area contributed by atoms with Gasteiger partial charge in [-0.05, 0) is 48.0 Å². The van der Waals surface area contributed by atoms with E-state index < -0.39 is 17.7 Å². The van der Waals surface area contributed by atoms with Crippen LogP contribution in [-0.4, -0.2) is 43.0 Å². The van der Waals surface area contributed by atoms with Crippen molar-refractivity contribution in [1.29, 1.82) is 0 Å². The highest BCUT2D eigenvalue weighted by Crippen LogP contribution is 2.45. The Bertz CT molecular complexity index is 1530. The molecule has 3 aromatic carbocycles. The number of carbonyl (C=O) groups is 2. The van der Waals surface area contributed by atoms with Gasteiger partial charge in [-0.15, -0.1) is 0 Å². The molecule has 7 nitrogen and oxygen atoms in total. The summed E-state index contributed by atoms with van der Waals surface area (Å²) in [6.07, 6.45) is 0. The van der Waals surface area contributed by atoms with Crippen LogP contribution < -0.4 is 14.5 Å². The quantitative estimate of drug-likeness (QED) is 0.208. The summed E-state index contributed by atoms with van der Waals surface area (Å²) in [7, 11) is 5.37. The molecular formula is C27H22ClN3O4S. The van der Waals surface area contributed by atoms with Gasteiger partial charge in [0.05, 0.1) is 28.9 Å². The van der Waals surface area contributed by atoms with E-state index in [-0.39, 0.29) is 11.3 Å². The first-order valence-electron chi connectivity index (χ1n) is 11.1. The van der Waals surface area contributed by atoms with Gasteiger partial charge in [-0.25, -0.2) is 4.98 Å². The fraction of sp³-hybridized carbons (Fsp3) is 0.148. The summed E-state index contributed by atoms with van der Waals surface area (Å²) in [5.41, 5.74) is 2.65. The molecule has 4 aromatic rings. The van der Waals surface area contributed by atoms with E-state index >= 15 is 0 Å². The minimum atomic E-state index is -0.872. The van der Waals surface area contributed by atoms with Gasteiger partial charge in [-0.2, -0.15) is 0 Å². The molecule has 1 N–H and O–H groups in total. The van der Waals surface area contributed by atoms with E-state index in [0.717, 1.165) is 10.4 Å². The van der Waals surface area contributed by atoms with Crippen molar-refractivity contribution in [3.63, 3.8) is 0 Å². The van der Waals surface area contributed by atoms with E-state index in [1.54, 1.807) is 42.5 Å². The van der Waals surface area contributed by atoms with Crippen LogP contribution in [-0.2, 0) is 9.59 Å². The number of benzene rings is 3. The lowest BCUT2D eigenvalue weighted by Gasteiger charge is -2.23. The van der Waals surface area contributed by atoms with Gasteiger partial charge in [0.2, 0.25) is 0 Å². The summed E-state index contributed by atoms with van der Waals surface area (Å²) in [5.74, 6) is -1.30. The Morgan fingerprint density at radius 2 is 1.83 bits per heavy atom. The number of carbonyl (C=O) groups excluding carboxylic acids is 2. The molecule has 0 bridgehead atoms. The Hall–Kier alpha value is -3.88. The SMILES string of the molecule is COc1cccc(C(O)=C2C(=O)C(=O)N(c3nc4ccc(Cl)cc4s3)C2c2ccc(N(C)C)cc2)c1. The van der Waals surface area contributed by atoms with Crippen LogP contribution in [0, 0.1) is 0 Å². The number of aliphatic hydroxyl groups excluding tert-OH is 1. The summed E-state index contributed by atoms with van der Waals surface area (Å²) >= 11 is 7.41. The van der Waals surface area contributed by atoms with Crippen LogP contribution in [0.1, 0.15) is 17.2 Å². The lowest BCUT2D eigenvalue weighted by Crippen LogP contribution is -2.29. The van der Waals surface area contributed by atoms with Crippen LogP contribution in [0.4, 0.5) is 10.8 Å². The number of amides is 1. The Labute approximate surface area is 216 Å². The molecular weight excluding hydrogens is 498 g/mol. The Morgan fingerprint density at radius 1 is 1.08 bits per heavy atom. The molecule has 1 fully saturated rings. The number of aromatic nitrogens is 1. The van der Waals surface area contributed by atoms with Gasteiger partial charge in [-0.1, -0.05) is 47.2 Å². The molecule has 1 unspecified atom stereocenters. The summed E-state index contributed by atoms with van der Waals surface area (Å²) in [4.78, 5) is 34.7. The van der Waals surface area contributed by atoms with E-state index in [4.69, 9.17) is 16.3 Å². The number of methoxy groups -OCH3 is 1. The highest BCUT2D eigenvalue weighted by atomic mass is 35.5. The molecule has 0 spiro atoms. The summed E-state index contributed by atoms with van der Waals surface area (Å²) < 4.78 is 6.06. The monoisotopic (exact) mass is 519 g/mol. The number of anilines is 2. The third kappa shape index (κ3) is 4.08. The van der Waals surface area contributed by atoms with Gasteiger partial charge in [-0.3, -0.25) is 14.5 Å². The van der Waals surface area contributed by atoms with Crippen LogP contribution in [0.25, 0.3) is 16.0 Å².